The quantitative estimate of drug-likeness (QED) is 0.277. The maximum absolute atomic E-state index is 10.4. The van der Waals surface area contributed by atoms with Crippen molar-refractivity contribution in [2.45, 2.75) is 124 Å². The van der Waals surface area contributed by atoms with Gasteiger partial charge in [-0.05, 0) is 91.6 Å². The molecule has 0 saturated heterocycles. The SMILES string of the molecule is CCCC1C(C[C@H](CC)C2C[C@H](O)CCC2(C)C)CCCC1(C)CCCCS. The van der Waals surface area contributed by atoms with E-state index in [0.29, 0.717) is 16.7 Å². The van der Waals surface area contributed by atoms with Gasteiger partial charge in [-0.2, -0.15) is 12.6 Å². The van der Waals surface area contributed by atoms with E-state index in [1.165, 1.54) is 70.6 Å². The van der Waals surface area contributed by atoms with Crippen LogP contribution >= 0.6 is 12.6 Å². The van der Waals surface area contributed by atoms with E-state index < -0.39 is 0 Å². The predicted molar refractivity (Wildman–Crippen MR) is 127 cm³/mol. The molecule has 0 aromatic rings. The minimum absolute atomic E-state index is 0.0589. The molecular formula is C26H50OS. The lowest BCUT2D eigenvalue weighted by Gasteiger charge is -2.50. The van der Waals surface area contributed by atoms with Gasteiger partial charge in [0.1, 0.15) is 0 Å². The molecule has 2 heteroatoms. The topological polar surface area (TPSA) is 20.2 Å². The lowest BCUT2D eigenvalue weighted by Crippen LogP contribution is -2.42. The zero-order valence-corrected chi connectivity index (χ0v) is 20.6. The fourth-order valence-electron chi connectivity index (χ4n) is 7.14. The van der Waals surface area contributed by atoms with Crippen LogP contribution in [0.25, 0.3) is 0 Å². The van der Waals surface area contributed by atoms with Gasteiger partial charge in [0.15, 0.2) is 0 Å². The molecule has 6 atom stereocenters. The van der Waals surface area contributed by atoms with Gasteiger partial charge in [-0.1, -0.05) is 66.7 Å². The molecule has 0 aromatic heterocycles. The summed E-state index contributed by atoms with van der Waals surface area (Å²) < 4.78 is 0. The molecule has 2 rings (SSSR count). The molecule has 0 aromatic carbocycles. The number of aliphatic hydroxyl groups excluding tert-OH is 1. The van der Waals surface area contributed by atoms with Crippen molar-refractivity contribution >= 4 is 12.6 Å². The fourth-order valence-corrected chi connectivity index (χ4v) is 7.36. The summed E-state index contributed by atoms with van der Waals surface area (Å²) in [5.74, 6) is 4.32. The summed E-state index contributed by atoms with van der Waals surface area (Å²) in [6, 6.07) is 0. The second-order valence-corrected chi connectivity index (χ2v) is 11.8. The number of unbranched alkanes of at least 4 members (excludes halogenated alkanes) is 1. The Morgan fingerprint density at radius 1 is 1.07 bits per heavy atom. The van der Waals surface area contributed by atoms with E-state index in [9.17, 15) is 5.11 Å². The van der Waals surface area contributed by atoms with Crippen molar-refractivity contribution < 1.29 is 5.11 Å². The van der Waals surface area contributed by atoms with Gasteiger partial charge in [0.25, 0.3) is 0 Å². The Morgan fingerprint density at radius 3 is 2.46 bits per heavy atom. The predicted octanol–water partition coefficient (Wildman–Crippen LogP) is 7.91. The van der Waals surface area contributed by atoms with Crippen LogP contribution in [0.3, 0.4) is 0 Å². The van der Waals surface area contributed by atoms with Gasteiger partial charge >= 0.3 is 0 Å². The smallest absolute Gasteiger partial charge is 0.0543 e. The molecule has 166 valence electrons. The van der Waals surface area contributed by atoms with Crippen LogP contribution in [0.1, 0.15) is 118 Å². The van der Waals surface area contributed by atoms with E-state index in [-0.39, 0.29) is 6.10 Å². The van der Waals surface area contributed by atoms with Crippen LogP contribution in [0.15, 0.2) is 0 Å². The van der Waals surface area contributed by atoms with Crippen molar-refractivity contribution in [1.29, 1.82) is 0 Å². The molecule has 1 N–H and O–H groups in total. The highest BCUT2D eigenvalue weighted by Gasteiger charge is 2.44. The first-order valence-corrected chi connectivity index (χ1v) is 13.2. The van der Waals surface area contributed by atoms with Crippen LogP contribution in [0, 0.1) is 34.5 Å². The molecule has 0 amide bonds. The van der Waals surface area contributed by atoms with E-state index in [0.717, 1.165) is 36.3 Å². The Labute approximate surface area is 182 Å². The largest absolute Gasteiger partial charge is 0.393 e. The fraction of sp³-hybridized carbons (Fsp3) is 1.00. The van der Waals surface area contributed by atoms with Crippen LogP contribution in [-0.2, 0) is 0 Å². The van der Waals surface area contributed by atoms with Crippen LogP contribution < -0.4 is 0 Å². The van der Waals surface area contributed by atoms with Crippen molar-refractivity contribution in [3.05, 3.63) is 0 Å². The van der Waals surface area contributed by atoms with E-state index in [2.05, 4.69) is 47.2 Å². The zero-order valence-electron chi connectivity index (χ0n) is 19.7. The van der Waals surface area contributed by atoms with Crippen LogP contribution in [0.2, 0.25) is 0 Å². The summed E-state index contributed by atoms with van der Waals surface area (Å²) in [5, 5.41) is 10.4. The Balaban J connectivity index is 2.13. The molecule has 0 radical (unpaired) electrons. The van der Waals surface area contributed by atoms with Crippen LogP contribution in [0.4, 0.5) is 0 Å². The highest BCUT2D eigenvalue weighted by Crippen LogP contribution is 2.54. The molecule has 2 saturated carbocycles. The third kappa shape index (κ3) is 6.16. The first-order valence-electron chi connectivity index (χ1n) is 12.6. The van der Waals surface area contributed by atoms with Crippen LogP contribution in [0.5, 0.6) is 0 Å². The summed E-state index contributed by atoms with van der Waals surface area (Å²) in [7, 11) is 0. The first kappa shape index (κ1) is 24.6. The zero-order chi connectivity index (χ0) is 20.8. The molecule has 0 spiro atoms. The second-order valence-electron chi connectivity index (χ2n) is 11.3. The van der Waals surface area contributed by atoms with E-state index in [4.69, 9.17) is 0 Å². The Hall–Kier alpha value is 0.310. The van der Waals surface area contributed by atoms with Crippen molar-refractivity contribution in [3.8, 4) is 0 Å². The Kier molecular flexibility index (Phi) is 9.72. The number of aliphatic hydroxyl groups is 1. The van der Waals surface area contributed by atoms with Gasteiger partial charge in [0, 0.05) is 0 Å². The normalized spacial score (nSPS) is 37.0. The molecule has 2 aliphatic carbocycles. The molecule has 2 aliphatic rings. The van der Waals surface area contributed by atoms with Gasteiger partial charge in [-0.15, -0.1) is 0 Å². The molecule has 0 bridgehead atoms. The minimum Gasteiger partial charge on any atom is -0.393 e. The lowest BCUT2D eigenvalue weighted by atomic mass is 9.55. The molecular weight excluding hydrogens is 360 g/mol. The first-order chi connectivity index (χ1) is 13.3. The summed E-state index contributed by atoms with van der Waals surface area (Å²) in [6.07, 6.45) is 16.9. The molecule has 1 nitrogen and oxygen atoms in total. The molecule has 0 aliphatic heterocycles. The maximum atomic E-state index is 10.4. The number of hydrogen-bond acceptors (Lipinski definition) is 2. The van der Waals surface area contributed by atoms with Crippen molar-refractivity contribution in [2.24, 2.45) is 34.5 Å². The maximum Gasteiger partial charge on any atom is 0.0543 e. The summed E-state index contributed by atoms with van der Waals surface area (Å²) in [5.41, 5.74) is 0.937. The number of hydrogen-bond donors (Lipinski definition) is 2. The van der Waals surface area contributed by atoms with E-state index in [1.807, 2.05) is 0 Å². The lowest BCUT2D eigenvalue weighted by molar-refractivity contribution is -0.0255. The highest BCUT2D eigenvalue weighted by atomic mass is 32.1. The van der Waals surface area contributed by atoms with Gasteiger partial charge < -0.3 is 5.11 Å². The summed E-state index contributed by atoms with van der Waals surface area (Å²) in [4.78, 5) is 0. The number of thiol groups is 1. The van der Waals surface area contributed by atoms with E-state index >= 15 is 0 Å². The van der Waals surface area contributed by atoms with Crippen molar-refractivity contribution in [1.82, 2.24) is 0 Å². The molecule has 28 heavy (non-hydrogen) atoms. The molecule has 0 heterocycles. The van der Waals surface area contributed by atoms with Crippen molar-refractivity contribution in [2.75, 3.05) is 5.75 Å². The van der Waals surface area contributed by atoms with Gasteiger partial charge in [0.05, 0.1) is 6.10 Å². The van der Waals surface area contributed by atoms with Crippen LogP contribution in [-0.4, -0.2) is 17.0 Å². The van der Waals surface area contributed by atoms with Gasteiger partial charge in [0.2, 0.25) is 0 Å². The van der Waals surface area contributed by atoms with Gasteiger partial charge in [-0.3, -0.25) is 0 Å². The highest BCUT2D eigenvalue weighted by molar-refractivity contribution is 7.80. The molecule has 2 fully saturated rings. The summed E-state index contributed by atoms with van der Waals surface area (Å²) >= 11 is 4.45. The number of rotatable bonds is 10. The summed E-state index contributed by atoms with van der Waals surface area (Å²) in [6.45, 7) is 12.4. The monoisotopic (exact) mass is 410 g/mol. The standard InChI is InChI=1S/C26H50OS/c1-6-11-23-21(12-10-15-26(23,5)14-8-9-17-28)18-20(7-2)24-19-22(27)13-16-25(24,3)4/h20-24,27-28H,6-19H2,1-5H3/t20-,21?,22+,23?,24?,26?/m0/s1. The average Bonchev–Trinajstić information content (AvgIpc) is 2.65. The molecule has 4 unspecified atom stereocenters. The average molecular weight is 411 g/mol. The third-order valence-corrected chi connectivity index (χ3v) is 9.21. The Bertz CT molecular complexity index is 448. The van der Waals surface area contributed by atoms with Gasteiger partial charge in [-0.25, -0.2) is 0 Å². The van der Waals surface area contributed by atoms with E-state index in [1.54, 1.807) is 0 Å². The third-order valence-electron chi connectivity index (χ3n) is 8.89. The minimum atomic E-state index is -0.0589. The Morgan fingerprint density at radius 2 is 1.82 bits per heavy atom. The van der Waals surface area contributed by atoms with Crippen molar-refractivity contribution in [3.63, 3.8) is 0 Å². The second kappa shape index (κ2) is 11.1.